The summed E-state index contributed by atoms with van der Waals surface area (Å²) < 4.78 is 4.75. The van der Waals surface area contributed by atoms with Crippen molar-refractivity contribution in [2.75, 3.05) is 13.2 Å². The minimum Gasteiger partial charge on any atom is -0.466 e. The Bertz CT molecular complexity index is 219. The van der Waals surface area contributed by atoms with Gasteiger partial charge in [-0.2, -0.15) is 0 Å². The first kappa shape index (κ1) is 11.0. The first-order valence-electron chi connectivity index (χ1n) is 4.73. The molecule has 1 fully saturated rings. The highest BCUT2D eigenvalue weighted by atomic mass is 16.5. The number of hydrogen-bond donors (Lipinski definition) is 1. The minimum atomic E-state index is -0.607. The predicted octanol–water partition coefficient (Wildman–Crippen LogP) is -0.469. The van der Waals surface area contributed by atoms with E-state index in [9.17, 15) is 14.7 Å². The molecule has 0 radical (unpaired) electrons. The topological polar surface area (TPSA) is 66.8 Å². The Morgan fingerprint density at radius 3 is 3.00 bits per heavy atom. The Morgan fingerprint density at radius 2 is 2.43 bits per heavy atom. The molecule has 1 aliphatic rings. The van der Waals surface area contributed by atoms with Crippen LogP contribution in [0.25, 0.3) is 0 Å². The van der Waals surface area contributed by atoms with Crippen molar-refractivity contribution < 1.29 is 19.4 Å². The van der Waals surface area contributed by atoms with Gasteiger partial charge >= 0.3 is 5.97 Å². The quantitative estimate of drug-likeness (QED) is 0.493. The lowest BCUT2D eigenvalue weighted by Gasteiger charge is -2.20. The normalized spacial score (nSPS) is 26.3. The molecule has 14 heavy (non-hydrogen) atoms. The van der Waals surface area contributed by atoms with E-state index in [1.165, 1.54) is 4.90 Å². The van der Waals surface area contributed by atoms with Crippen molar-refractivity contribution in [3.8, 4) is 0 Å². The fraction of sp³-hybridized carbons (Fsp3) is 0.778. The van der Waals surface area contributed by atoms with E-state index in [1.807, 2.05) is 0 Å². The third-order valence-electron chi connectivity index (χ3n) is 2.37. The molecule has 5 heteroatoms. The van der Waals surface area contributed by atoms with Crippen molar-refractivity contribution in [3.05, 3.63) is 0 Å². The highest BCUT2D eigenvalue weighted by Gasteiger charge is 2.33. The smallest absolute Gasteiger partial charge is 0.307 e. The van der Waals surface area contributed by atoms with Crippen LogP contribution in [0.3, 0.4) is 0 Å². The number of nitrogens with zero attached hydrogens (tertiary/aromatic N) is 1. The van der Waals surface area contributed by atoms with Gasteiger partial charge in [-0.1, -0.05) is 0 Å². The van der Waals surface area contributed by atoms with E-state index in [4.69, 9.17) is 4.74 Å². The number of likely N-dealkylation sites (tertiary alicyclic amines) is 1. The third kappa shape index (κ3) is 2.45. The number of esters is 1. The molecule has 0 bridgehead atoms. The Morgan fingerprint density at radius 1 is 1.71 bits per heavy atom. The third-order valence-corrected chi connectivity index (χ3v) is 2.37. The van der Waals surface area contributed by atoms with Crippen molar-refractivity contribution >= 4 is 12.4 Å². The van der Waals surface area contributed by atoms with Gasteiger partial charge in [0.2, 0.25) is 6.41 Å². The first-order chi connectivity index (χ1) is 6.69. The van der Waals surface area contributed by atoms with Crippen molar-refractivity contribution in [3.63, 3.8) is 0 Å². The van der Waals surface area contributed by atoms with E-state index >= 15 is 0 Å². The van der Waals surface area contributed by atoms with E-state index in [2.05, 4.69) is 0 Å². The van der Waals surface area contributed by atoms with Gasteiger partial charge in [-0.3, -0.25) is 9.59 Å². The van der Waals surface area contributed by atoms with Crippen LogP contribution in [0, 0.1) is 0 Å². The Kier molecular flexibility index (Phi) is 3.88. The fourth-order valence-corrected chi connectivity index (χ4v) is 1.64. The predicted molar refractivity (Wildman–Crippen MR) is 48.4 cm³/mol. The maximum absolute atomic E-state index is 11.1. The van der Waals surface area contributed by atoms with Gasteiger partial charge in [0.1, 0.15) is 0 Å². The summed E-state index contributed by atoms with van der Waals surface area (Å²) in [4.78, 5) is 23.1. The molecule has 0 spiro atoms. The Hall–Kier alpha value is -1.10. The molecule has 1 amide bonds. The second kappa shape index (κ2) is 4.95. The van der Waals surface area contributed by atoms with E-state index in [0.29, 0.717) is 26.0 Å². The van der Waals surface area contributed by atoms with Crippen LogP contribution in [0.4, 0.5) is 0 Å². The second-order valence-electron chi connectivity index (χ2n) is 3.28. The summed E-state index contributed by atoms with van der Waals surface area (Å²) in [6, 6.07) is -0.411. The number of aliphatic hydroxyl groups excluding tert-OH is 1. The summed E-state index contributed by atoms with van der Waals surface area (Å²) in [6.07, 6.45) is 0.668. The fourth-order valence-electron chi connectivity index (χ4n) is 1.64. The maximum Gasteiger partial charge on any atom is 0.307 e. The number of carbonyl (C=O) groups is 2. The number of hydrogen-bond acceptors (Lipinski definition) is 4. The lowest BCUT2D eigenvalue weighted by atomic mass is 10.1. The lowest BCUT2D eigenvalue weighted by molar-refractivity contribution is -0.145. The molecule has 1 saturated heterocycles. The van der Waals surface area contributed by atoms with Crippen molar-refractivity contribution in [2.45, 2.75) is 31.9 Å². The van der Waals surface area contributed by atoms with Crippen LogP contribution in [-0.4, -0.2) is 47.7 Å². The summed E-state index contributed by atoms with van der Waals surface area (Å²) >= 11 is 0. The monoisotopic (exact) mass is 201 g/mol. The summed E-state index contributed by atoms with van der Waals surface area (Å²) in [5.74, 6) is -0.370. The largest absolute Gasteiger partial charge is 0.466 e. The second-order valence-corrected chi connectivity index (χ2v) is 3.28. The van der Waals surface area contributed by atoms with Gasteiger partial charge in [0.05, 0.1) is 25.2 Å². The SMILES string of the molecule is CCOC(=O)C[C@H]1[C@@H](O)CCN1C=O. The van der Waals surface area contributed by atoms with Crippen LogP contribution >= 0.6 is 0 Å². The van der Waals surface area contributed by atoms with Crippen LogP contribution in [0.5, 0.6) is 0 Å². The zero-order valence-electron chi connectivity index (χ0n) is 8.18. The average molecular weight is 201 g/mol. The van der Waals surface area contributed by atoms with Crippen LogP contribution < -0.4 is 0 Å². The summed E-state index contributed by atoms with van der Waals surface area (Å²) in [7, 11) is 0. The minimum absolute atomic E-state index is 0.0771. The first-order valence-corrected chi connectivity index (χ1v) is 4.73. The van der Waals surface area contributed by atoms with Gasteiger partial charge in [0, 0.05) is 6.54 Å². The molecule has 1 heterocycles. The number of ether oxygens (including phenoxy) is 1. The molecule has 0 aromatic carbocycles. The van der Waals surface area contributed by atoms with Gasteiger partial charge in [0.25, 0.3) is 0 Å². The average Bonchev–Trinajstić information content (AvgIpc) is 2.48. The molecular weight excluding hydrogens is 186 g/mol. The highest BCUT2D eigenvalue weighted by Crippen LogP contribution is 2.19. The molecule has 0 unspecified atom stereocenters. The van der Waals surface area contributed by atoms with Gasteiger partial charge in [-0.15, -0.1) is 0 Å². The van der Waals surface area contributed by atoms with Gasteiger partial charge in [-0.25, -0.2) is 0 Å². The van der Waals surface area contributed by atoms with Crippen LogP contribution in [0.1, 0.15) is 19.8 Å². The highest BCUT2D eigenvalue weighted by molar-refractivity contribution is 5.71. The number of rotatable bonds is 4. The molecule has 0 aromatic heterocycles. The van der Waals surface area contributed by atoms with Crippen molar-refractivity contribution in [1.29, 1.82) is 0 Å². The van der Waals surface area contributed by atoms with Gasteiger partial charge in [-0.05, 0) is 13.3 Å². The molecule has 2 atom stereocenters. The van der Waals surface area contributed by atoms with Crippen molar-refractivity contribution in [1.82, 2.24) is 4.90 Å². The zero-order valence-corrected chi connectivity index (χ0v) is 8.18. The molecule has 80 valence electrons. The molecule has 0 aliphatic carbocycles. The summed E-state index contributed by atoms with van der Waals surface area (Å²) in [6.45, 7) is 2.55. The number of amides is 1. The Balaban J connectivity index is 2.48. The molecule has 5 nitrogen and oxygen atoms in total. The molecule has 1 rings (SSSR count). The molecule has 0 aromatic rings. The van der Waals surface area contributed by atoms with Gasteiger partial charge in [0.15, 0.2) is 0 Å². The van der Waals surface area contributed by atoms with E-state index in [1.54, 1.807) is 6.92 Å². The molecular formula is C9H15NO4. The van der Waals surface area contributed by atoms with E-state index in [0.717, 1.165) is 0 Å². The summed E-state index contributed by atoms with van der Waals surface area (Å²) in [5, 5.41) is 9.50. The van der Waals surface area contributed by atoms with E-state index in [-0.39, 0.29) is 12.4 Å². The van der Waals surface area contributed by atoms with Crippen molar-refractivity contribution in [2.24, 2.45) is 0 Å². The molecule has 1 N–H and O–H groups in total. The summed E-state index contributed by atoms with van der Waals surface area (Å²) in [5.41, 5.74) is 0. The lowest BCUT2D eigenvalue weighted by Crippen LogP contribution is -2.36. The standard InChI is InChI=1S/C9H15NO4/c1-2-14-9(13)5-7-8(12)3-4-10(7)6-11/h6-8,12H,2-5H2,1H3/t7-,8-/m0/s1. The molecule has 1 aliphatic heterocycles. The van der Waals surface area contributed by atoms with E-state index < -0.39 is 12.1 Å². The maximum atomic E-state index is 11.1. The number of aliphatic hydroxyl groups is 1. The van der Waals surface area contributed by atoms with Crippen LogP contribution in [0.2, 0.25) is 0 Å². The number of carbonyl (C=O) groups excluding carboxylic acids is 2. The zero-order chi connectivity index (χ0) is 10.6. The molecule has 0 saturated carbocycles. The van der Waals surface area contributed by atoms with Crippen LogP contribution in [-0.2, 0) is 14.3 Å². The Labute approximate surface area is 82.6 Å². The van der Waals surface area contributed by atoms with Crippen LogP contribution in [0.15, 0.2) is 0 Å². The van der Waals surface area contributed by atoms with Gasteiger partial charge < -0.3 is 14.7 Å².